The van der Waals surface area contributed by atoms with E-state index in [2.05, 4.69) is 33.0 Å². The van der Waals surface area contributed by atoms with Gasteiger partial charge in [-0.2, -0.15) is 0 Å². The summed E-state index contributed by atoms with van der Waals surface area (Å²) in [6.07, 6.45) is 8.83. The number of nitrogens with two attached hydrogens (primary N) is 1. The Bertz CT molecular complexity index is 457. The van der Waals surface area contributed by atoms with E-state index in [-0.39, 0.29) is 30.1 Å². The topological polar surface area (TPSA) is 109 Å². The molecule has 6 nitrogen and oxygen atoms in total. The molecule has 0 spiro atoms. The fourth-order valence-electron chi connectivity index (χ4n) is 3.66. The van der Waals surface area contributed by atoms with Crippen molar-refractivity contribution >= 4 is 17.8 Å². The van der Waals surface area contributed by atoms with Gasteiger partial charge in [0.05, 0.1) is 0 Å². The predicted octanol–water partition coefficient (Wildman–Crippen LogP) is 4.01. The summed E-state index contributed by atoms with van der Waals surface area (Å²) < 4.78 is 0. The smallest absolute Gasteiger partial charge is 0.326 e. The normalized spacial score (nSPS) is 13.8. The van der Waals surface area contributed by atoms with Gasteiger partial charge >= 0.3 is 5.97 Å². The molecule has 0 aliphatic rings. The van der Waals surface area contributed by atoms with E-state index in [0.717, 1.165) is 57.8 Å². The second kappa shape index (κ2) is 13.6. The summed E-state index contributed by atoms with van der Waals surface area (Å²) in [5.41, 5.74) is 4.99. The predicted molar refractivity (Wildman–Crippen MR) is 108 cm³/mol. The van der Waals surface area contributed by atoms with E-state index in [1.807, 2.05) is 0 Å². The van der Waals surface area contributed by atoms with Crippen LogP contribution in [0.5, 0.6) is 0 Å². The van der Waals surface area contributed by atoms with Crippen LogP contribution >= 0.6 is 0 Å². The number of amides is 2. The van der Waals surface area contributed by atoms with Gasteiger partial charge in [-0.25, -0.2) is 4.79 Å². The van der Waals surface area contributed by atoms with Crippen LogP contribution in [0, 0.1) is 11.3 Å². The van der Waals surface area contributed by atoms with Crippen LogP contribution in [0.4, 0.5) is 0 Å². The molecule has 0 fully saturated rings. The fourth-order valence-corrected chi connectivity index (χ4v) is 3.66. The van der Waals surface area contributed by atoms with Gasteiger partial charge in [-0.1, -0.05) is 66.2 Å². The molecule has 0 rings (SSSR count). The Morgan fingerprint density at radius 1 is 0.963 bits per heavy atom. The Hall–Kier alpha value is -1.59. The van der Waals surface area contributed by atoms with Crippen LogP contribution in [0.15, 0.2) is 0 Å². The molecule has 2 amide bonds. The first-order valence-corrected chi connectivity index (χ1v) is 10.5. The summed E-state index contributed by atoms with van der Waals surface area (Å²) in [5, 5.41) is 12.1. The molecule has 6 heteroatoms. The maximum absolute atomic E-state index is 13.1. The van der Waals surface area contributed by atoms with Gasteiger partial charge in [0.2, 0.25) is 11.8 Å². The lowest BCUT2D eigenvalue weighted by atomic mass is 9.68. The largest absolute Gasteiger partial charge is 0.480 e. The zero-order valence-corrected chi connectivity index (χ0v) is 17.7. The maximum Gasteiger partial charge on any atom is 0.326 e. The number of carbonyl (C=O) groups is 3. The maximum atomic E-state index is 13.1. The van der Waals surface area contributed by atoms with Crippen molar-refractivity contribution in [2.75, 3.05) is 0 Å². The van der Waals surface area contributed by atoms with Crippen LogP contribution in [0.2, 0.25) is 0 Å². The Balaban J connectivity index is 5.41. The number of rotatable bonds is 16. The average molecular weight is 385 g/mol. The first-order chi connectivity index (χ1) is 12.7. The van der Waals surface area contributed by atoms with Crippen molar-refractivity contribution in [3.63, 3.8) is 0 Å². The zero-order valence-electron chi connectivity index (χ0n) is 17.7. The lowest BCUT2D eigenvalue weighted by Crippen LogP contribution is -2.48. The van der Waals surface area contributed by atoms with Gasteiger partial charge < -0.3 is 16.2 Å². The molecule has 2 unspecified atom stereocenters. The molecule has 0 aromatic carbocycles. The lowest BCUT2D eigenvalue weighted by Gasteiger charge is -2.38. The number of hydrogen-bond acceptors (Lipinski definition) is 3. The molecule has 0 aromatic rings. The van der Waals surface area contributed by atoms with Crippen LogP contribution < -0.4 is 11.1 Å². The second-order valence-corrected chi connectivity index (χ2v) is 7.96. The Kier molecular flexibility index (Phi) is 12.8. The van der Waals surface area contributed by atoms with Gasteiger partial charge in [0.1, 0.15) is 6.04 Å². The number of unbranched alkanes of at least 4 members (excludes halogenated alkanes) is 3. The first kappa shape index (κ1) is 25.4. The van der Waals surface area contributed by atoms with E-state index in [0.29, 0.717) is 0 Å². The van der Waals surface area contributed by atoms with Crippen LogP contribution in [-0.2, 0) is 14.4 Å². The van der Waals surface area contributed by atoms with Crippen molar-refractivity contribution in [1.82, 2.24) is 5.32 Å². The van der Waals surface area contributed by atoms with Gasteiger partial charge in [-0.3, -0.25) is 9.59 Å². The van der Waals surface area contributed by atoms with Crippen molar-refractivity contribution in [2.45, 2.75) is 104 Å². The second-order valence-electron chi connectivity index (χ2n) is 7.96. The van der Waals surface area contributed by atoms with E-state index in [1.165, 1.54) is 0 Å². The van der Waals surface area contributed by atoms with E-state index < -0.39 is 17.9 Å². The highest BCUT2D eigenvalue weighted by atomic mass is 16.4. The van der Waals surface area contributed by atoms with E-state index in [9.17, 15) is 19.5 Å². The highest BCUT2D eigenvalue weighted by molar-refractivity contribution is 5.86. The molecule has 158 valence electrons. The standard InChI is InChI=1S/C21H40N2O4/c1-5-8-11-16(21(4,14-9-6-2)15-10-7-3)19(25)23-17(20(26)27)12-13-18(22)24/h16-17H,5-15H2,1-4H3,(H2,22,24)(H,23,25)(H,26,27). The first-order valence-electron chi connectivity index (χ1n) is 10.5. The molecule has 0 saturated heterocycles. The quantitative estimate of drug-likeness (QED) is 0.373. The minimum atomic E-state index is -1.12. The Morgan fingerprint density at radius 2 is 1.48 bits per heavy atom. The Morgan fingerprint density at radius 3 is 1.89 bits per heavy atom. The molecule has 0 saturated carbocycles. The summed E-state index contributed by atoms with van der Waals surface area (Å²) in [7, 11) is 0. The minimum absolute atomic E-state index is 0.0253. The lowest BCUT2D eigenvalue weighted by molar-refractivity contribution is -0.144. The number of carboxylic acid groups (broad SMARTS) is 1. The molecule has 2 atom stereocenters. The monoisotopic (exact) mass is 384 g/mol. The summed E-state index contributed by atoms with van der Waals surface area (Å²) >= 11 is 0. The van der Waals surface area contributed by atoms with Crippen molar-refractivity contribution in [2.24, 2.45) is 17.1 Å². The number of hydrogen-bond donors (Lipinski definition) is 3. The third-order valence-electron chi connectivity index (χ3n) is 5.50. The van der Waals surface area contributed by atoms with Crippen molar-refractivity contribution in [3.8, 4) is 0 Å². The third-order valence-corrected chi connectivity index (χ3v) is 5.50. The molecule has 0 aliphatic carbocycles. The van der Waals surface area contributed by atoms with Gasteiger partial charge in [0, 0.05) is 12.3 Å². The molecule has 0 aromatic heterocycles. The highest BCUT2D eigenvalue weighted by Gasteiger charge is 2.38. The van der Waals surface area contributed by atoms with Crippen LogP contribution in [0.3, 0.4) is 0 Å². The molecule has 27 heavy (non-hydrogen) atoms. The van der Waals surface area contributed by atoms with Crippen molar-refractivity contribution in [1.29, 1.82) is 0 Å². The molecule has 4 N–H and O–H groups in total. The average Bonchev–Trinajstić information content (AvgIpc) is 2.61. The van der Waals surface area contributed by atoms with Crippen LogP contribution in [-0.4, -0.2) is 28.9 Å². The Labute approximate surface area is 164 Å². The van der Waals surface area contributed by atoms with Crippen LogP contribution in [0.25, 0.3) is 0 Å². The van der Waals surface area contributed by atoms with E-state index in [1.54, 1.807) is 0 Å². The number of carbonyl (C=O) groups excluding carboxylic acids is 2. The molecule has 0 radical (unpaired) electrons. The fraction of sp³-hybridized carbons (Fsp3) is 0.857. The summed E-state index contributed by atoms with van der Waals surface area (Å²) in [6.45, 7) is 8.56. The van der Waals surface area contributed by atoms with Gasteiger partial charge in [0.15, 0.2) is 0 Å². The number of carboxylic acids is 1. The van der Waals surface area contributed by atoms with Gasteiger partial charge in [-0.05, 0) is 31.1 Å². The molecule has 0 aliphatic heterocycles. The number of aliphatic carboxylic acids is 1. The van der Waals surface area contributed by atoms with Gasteiger partial charge in [0.25, 0.3) is 0 Å². The molecule has 0 bridgehead atoms. The number of primary amides is 1. The molecular weight excluding hydrogens is 344 g/mol. The summed E-state index contributed by atoms with van der Waals surface area (Å²) in [4.78, 5) is 35.6. The van der Waals surface area contributed by atoms with E-state index >= 15 is 0 Å². The van der Waals surface area contributed by atoms with Crippen LogP contribution in [0.1, 0.15) is 98.3 Å². The summed E-state index contributed by atoms with van der Waals surface area (Å²) in [5.74, 6) is -2.10. The third kappa shape index (κ3) is 9.78. The van der Waals surface area contributed by atoms with Crippen molar-refractivity contribution < 1.29 is 19.5 Å². The van der Waals surface area contributed by atoms with Gasteiger partial charge in [-0.15, -0.1) is 0 Å². The summed E-state index contributed by atoms with van der Waals surface area (Å²) in [6, 6.07) is -1.07. The SMILES string of the molecule is CCCCC(C(=O)NC(CCC(N)=O)C(=O)O)C(C)(CCCC)CCCC. The van der Waals surface area contributed by atoms with Crippen molar-refractivity contribution in [3.05, 3.63) is 0 Å². The zero-order chi connectivity index (χ0) is 20.9. The van der Waals surface area contributed by atoms with E-state index in [4.69, 9.17) is 5.73 Å². The molecular formula is C21H40N2O4. The minimum Gasteiger partial charge on any atom is -0.480 e. The highest BCUT2D eigenvalue weighted by Crippen LogP contribution is 2.41. The molecule has 0 heterocycles. The number of nitrogens with one attached hydrogen (secondary N) is 1.